The molecule has 3 rings (SSSR count). The van der Waals surface area contributed by atoms with E-state index in [0.29, 0.717) is 15.6 Å². The van der Waals surface area contributed by atoms with Crippen molar-refractivity contribution in [1.82, 2.24) is 4.98 Å². The number of hydrogen-bond donors (Lipinski definition) is 0. The van der Waals surface area contributed by atoms with Crippen molar-refractivity contribution in [3.63, 3.8) is 0 Å². The molecule has 17 heavy (non-hydrogen) atoms. The number of pyridine rings is 1. The van der Waals surface area contributed by atoms with Crippen LogP contribution < -0.4 is 0 Å². The zero-order chi connectivity index (χ0) is 12.2. The normalized spacial score (nSPS) is 14.4. The molecule has 1 aromatic heterocycles. The molecule has 88 valence electrons. The smallest absolute Gasteiger partial charge is 0.0922 e. The first-order valence-corrected chi connectivity index (χ1v) is 7.16. The number of rotatable bonds is 0. The fraction of sp³-hybridized carbons (Fsp3) is 0.250. The molecule has 1 nitrogen and oxygen atoms in total. The second-order valence-corrected chi connectivity index (χ2v) is 6.08. The summed E-state index contributed by atoms with van der Waals surface area (Å²) in [5.74, 6) is 0. The Balaban J connectivity index is 2.48. The Morgan fingerprint density at radius 2 is 1.82 bits per heavy atom. The van der Waals surface area contributed by atoms with Crippen LogP contribution in [-0.2, 0) is 12.8 Å². The Labute approximate surface area is 122 Å². The number of fused-ring (bicyclic) bond motifs is 2. The van der Waals surface area contributed by atoms with Gasteiger partial charge in [0.25, 0.3) is 0 Å². The van der Waals surface area contributed by atoms with Crippen LogP contribution in [0.5, 0.6) is 0 Å². The molecule has 2 aromatic rings. The van der Waals surface area contributed by atoms with Gasteiger partial charge in [-0.2, -0.15) is 0 Å². The molecule has 0 bridgehead atoms. The zero-order valence-corrected chi connectivity index (χ0v) is 12.5. The standard InChI is InChI=1S/C12H7BrCl3N/c13-7-4-6-9(14)5-2-1-3-8(5)17-12(6)11(16)10(7)15/h4H,1-3H2. The Hall–Kier alpha value is -0.0200. The maximum atomic E-state index is 6.42. The third-order valence-electron chi connectivity index (χ3n) is 3.07. The van der Waals surface area contributed by atoms with Gasteiger partial charge in [0.2, 0.25) is 0 Å². The van der Waals surface area contributed by atoms with Crippen LogP contribution >= 0.6 is 50.7 Å². The van der Waals surface area contributed by atoms with E-state index in [1.165, 1.54) is 0 Å². The fourth-order valence-corrected chi connectivity index (χ4v) is 3.53. The highest BCUT2D eigenvalue weighted by atomic mass is 79.9. The summed E-state index contributed by atoms with van der Waals surface area (Å²) >= 11 is 22.1. The summed E-state index contributed by atoms with van der Waals surface area (Å²) in [4.78, 5) is 4.60. The molecule has 0 saturated carbocycles. The van der Waals surface area contributed by atoms with E-state index in [4.69, 9.17) is 34.8 Å². The number of hydrogen-bond acceptors (Lipinski definition) is 1. The molecule has 1 aromatic carbocycles. The molecule has 1 aliphatic carbocycles. The van der Waals surface area contributed by atoms with E-state index in [-0.39, 0.29) is 0 Å². The second-order valence-electron chi connectivity index (χ2n) is 4.09. The maximum absolute atomic E-state index is 6.42. The molecule has 0 aliphatic heterocycles. The van der Waals surface area contributed by atoms with Gasteiger partial charge in [0.15, 0.2) is 0 Å². The van der Waals surface area contributed by atoms with E-state index in [2.05, 4.69) is 20.9 Å². The average Bonchev–Trinajstić information content (AvgIpc) is 2.77. The predicted molar refractivity (Wildman–Crippen MR) is 76.5 cm³/mol. The molecule has 0 radical (unpaired) electrons. The summed E-state index contributed by atoms with van der Waals surface area (Å²) in [5.41, 5.74) is 2.91. The van der Waals surface area contributed by atoms with Crippen molar-refractivity contribution in [3.8, 4) is 0 Å². The van der Waals surface area contributed by atoms with Gasteiger partial charge in [-0.15, -0.1) is 0 Å². The van der Waals surface area contributed by atoms with Crippen molar-refractivity contribution < 1.29 is 0 Å². The molecular weight excluding hydrogens is 344 g/mol. The average molecular weight is 351 g/mol. The van der Waals surface area contributed by atoms with Gasteiger partial charge in [0, 0.05) is 15.6 Å². The molecule has 0 fully saturated rings. The number of benzene rings is 1. The van der Waals surface area contributed by atoms with Crippen molar-refractivity contribution in [2.24, 2.45) is 0 Å². The molecule has 0 atom stereocenters. The van der Waals surface area contributed by atoms with Crippen molar-refractivity contribution in [2.45, 2.75) is 19.3 Å². The van der Waals surface area contributed by atoms with Crippen LogP contribution in [0.4, 0.5) is 0 Å². The largest absolute Gasteiger partial charge is 0.251 e. The van der Waals surface area contributed by atoms with E-state index in [0.717, 1.165) is 45.4 Å². The lowest BCUT2D eigenvalue weighted by atomic mass is 10.1. The van der Waals surface area contributed by atoms with Crippen LogP contribution in [0.2, 0.25) is 15.1 Å². The third-order valence-corrected chi connectivity index (χ3v) is 5.22. The summed E-state index contributed by atoms with van der Waals surface area (Å²) in [7, 11) is 0. The molecule has 0 unspecified atom stereocenters. The lowest BCUT2D eigenvalue weighted by molar-refractivity contribution is 0.901. The first kappa shape index (κ1) is 12.0. The van der Waals surface area contributed by atoms with Crippen molar-refractivity contribution in [1.29, 1.82) is 0 Å². The molecule has 0 spiro atoms. The van der Waals surface area contributed by atoms with Crippen LogP contribution in [-0.4, -0.2) is 4.98 Å². The van der Waals surface area contributed by atoms with Crippen molar-refractivity contribution in [2.75, 3.05) is 0 Å². The van der Waals surface area contributed by atoms with Crippen molar-refractivity contribution in [3.05, 3.63) is 36.9 Å². The van der Waals surface area contributed by atoms with Gasteiger partial charge in [0.1, 0.15) is 0 Å². The van der Waals surface area contributed by atoms with Gasteiger partial charge in [-0.1, -0.05) is 34.8 Å². The zero-order valence-electron chi connectivity index (χ0n) is 8.66. The molecular formula is C12H7BrCl3N. The van der Waals surface area contributed by atoms with Gasteiger partial charge < -0.3 is 0 Å². The van der Waals surface area contributed by atoms with Gasteiger partial charge in [0.05, 0.1) is 20.6 Å². The third kappa shape index (κ3) is 1.77. The number of halogens is 4. The Bertz CT molecular complexity index is 640. The maximum Gasteiger partial charge on any atom is 0.0922 e. The summed E-state index contributed by atoms with van der Waals surface area (Å²) < 4.78 is 0.748. The fourth-order valence-electron chi connectivity index (χ4n) is 2.25. The SMILES string of the molecule is Clc1c(Br)cc2c(Cl)c3c(nc2c1Cl)CCC3. The highest BCUT2D eigenvalue weighted by Crippen LogP contribution is 2.41. The summed E-state index contributed by atoms with van der Waals surface area (Å²) in [6.07, 6.45) is 3.06. The summed E-state index contributed by atoms with van der Waals surface area (Å²) in [5, 5.41) is 2.59. The van der Waals surface area contributed by atoms with Gasteiger partial charge >= 0.3 is 0 Å². The molecule has 0 amide bonds. The lowest BCUT2D eigenvalue weighted by Crippen LogP contribution is -1.93. The van der Waals surface area contributed by atoms with Gasteiger partial charge in [-0.05, 0) is 46.8 Å². The van der Waals surface area contributed by atoms with E-state index in [1.54, 1.807) is 0 Å². The van der Waals surface area contributed by atoms with E-state index >= 15 is 0 Å². The number of aromatic nitrogens is 1. The van der Waals surface area contributed by atoms with E-state index in [1.807, 2.05) is 6.07 Å². The Morgan fingerprint density at radius 3 is 2.59 bits per heavy atom. The molecule has 1 heterocycles. The van der Waals surface area contributed by atoms with Gasteiger partial charge in [-0.25, -0.2) is 0 Å². The Kier molecular flexibility index (Phi) is 3.02. The molecule has 5 heteroatoms. The summed E-state index contributed by atoms with van der Waals surface area (Å²) in [6.45, 7) is 0. The van der Waals surface area contributed by atoms with Gasteiger partial charge in [-0.3, -0.25) is 4.98 Å². The quantitative estimate of drug-likeness (QED) is 0.576. The lowest BCUT2D eigenvalue weighted by Gasteiger charge is -2.10. The van der Waals surface area contributed by atoms with Crippen LogP contribution in [0.25, 0.3) is 10.9 Å². The second kappa shape index (κ2) is 4.27. The molecule has 0 N–H and O–H groups in total. The minimum atomic E-state index is 0.465. The monoisotopic (exact) mass is 349 g/mol. The Morgan fingerprint density at radius 1 is 1.06 bits per heavy atom. The minimum absolute atomic E-state index is 0.465. The first-order chi connectivity index (χ1) is 8.09. The molecule has 0 saturated heterocycles. The van der Waals surface area contributed by atoms with E-state index in [9.17, 15) is 0 Å². The topological polar surface area (TPSA) is 12.9 Å². The predicted octanol–water partition coefficient (Wildman–Crippen LogP) is 5.45. The highest BCUT2D eigenvalue weighted by molar-refractivity contribution is 9.10. The van der Waals surface area contributed by atoms with Crippen molar-refractivity contribution >= 4 is 61.6 Å². The van der Waals surface area contributed by atoms with Crippen LogP contribution in [0.1, 0.15) is 17.7 Å². The highest BCUT2D eigenvalue weighted by Gasteiger charge is 2.21. The first-order valence-electron chi connectivity index (χ1n) is 5.24. The van der Waals surface area contributed by atoms with E-state index < -0.39 is 0 Å². The summed E-state index contributed by atoms with van der Waals surface area (Å²) in [6, 6.07) is 1.89. The van der Waals surface area contributed by atoms with Crippen LogP contribution in [0.3, 0.4) is 0 Å². The minimum Gasteiger partial charge on any atom is -0.251 e. The van der Waals surface area contributed by atoms with Crippen LogP contribution in [0.15, 0.2) is 10.5 Å². The molecule has 1 aliphatic rings. The number of nitrogens with zero attached hydrogens (tertiary/aromatic N) is 1. The van der Waals surface area contributed by atoms with Crippen LogP contribution in [0, 0.1) is 0 Å². The number of aryl methyl sites for hydroxylation is 1.